The van der Waals surface area contributed by atoms with Crippen LogP contribution >= 0.6 is 0 Å². The Bertz CT molecular complexity index is 915. The number of ketones is 1. The Hall–Kier alpha value is -2.25. The van der Waals surface area contributed by atoms with Gasteiger partial charge in [0.2, 0.25) is 15.6 Å². The molecule has 2 unspecified atom stereocenters. The van der Waals surface area contributed by atoms with Crippen molar-refractivity contribution in [3.8, 4) is 0 Å². The van der Waals surface area contributed by atoms with Gasteiger partial charge < -0.3 is 9.84 Å². The molecule has 0 aromatic heterocycles. The number of benzene rings is 1. The van der Waals surface area contributed by atoms with E-state index >= 15 is 0 Å². The van der Waals surface area contributed by atoms with Crippen molar-refractivity contribution in [2.45, 2.75) is 81.8 Å². The molecule has 7 heteroatoms. The molecule has 1 aromatic carbocycles. The Labute approximate surface area is 184 Å². The molecular weight excluding hydrogens is 416 g/mol. The van der Waals surface area contributed by atoms with Crippen LogP contribution in [0.25, 0.3) is 0 Å². The quantitative estimate of drug-likeness (QED) is 0.378. The zero-order valence-electron chi connectivity index (χ0n) is 18.2. The SMILES string of the molecule is CC(=O)OC1(CCCCCCCCC(C)O)C=CC=C(S(=O)(=O)c2ccccc2)C1=O. The second-order valence-corrected chi connectivity index (χ2v) is 9.95. The van der Waals surface area contributed by atoms with Crippen LogP contribution in [0.2, 0.25) is 0 Å². The van der Waals surface area contributed by atoms with Gasteiger partial charge in [-0.25, -0.2) is 8.42 Å². The van der Waals surface area contributed by atoms with E-state index in [1.807, 2.05) is 0 Å². The topological polar surface area (TPSA) is 97.7 Å². The highest BCUT2D eigenvalue weighted by Gasteiger charge is 2.45. The minimum absolute atomic E-state index is 0.0267. The first kappa shape index (κ1) is 25.0. The van der Waals surface area contributed by atoms with Crippen LogP contribution < -0.4 is 0 Å². The summed E-state index contributed by atoms with van der Waals surface area (Å²) in [5.74, 6) is -1.33. The zero-order valence-corrected chi connectivity index (χ0v) is 19.1. The fraction of sp³-hybridized carbons (Fsp3) is 0.500. The van der Waals surface area contributed by atoms with Crippen molar-refractivity contribution >= 4 is 21.6 Å². The van der Waals surface area contributed by atoms with Crippen LogP contribution in [-0.2, 0) is 24.2 Å². The van der Waals surface area contributed by atoms with Crippen molar-refractivity contribution in [1.29, 1.82) is 0 Å². The highest BCUT2D eigenvalue weighted by molar-refractivity contribution is 7.96. The fourth-order valence-corrected chi connectivity index (χ4v) is 5.15. The smallest absolute Gasteiger partial charge is 0.303 e. The van der Waals surface area contributed by atoms with E-state index in [0.29, 0.717) is 6.42 Å². The summed E-state index contributed by atoms with van der Waals surface area (Å²) in [6.07, 6.45) is 10.4. The number of carbonyl (C=O) groups is 2. The van der Waals surface area contributed by atoms with Gasteiger partial charge in [0, 0.05) is 6.92 Å². The minimum Gasteiger partial charge on any atom is -0.446 e. The lowest BCUT2D eigenvalue weighted by atomic mass is 9.87. The number of allylic oxidation sites excluding steroid dienone is 2. The number of sulfone groups is 1. The highest BCUT2D eigenvalue weighted by Crippen LogP contribution is 2.34. The Morgan fingerprint density at radius 3 is 2.29 bits per heavy atom. The van der Waals surface area contributed by atoms with Gasteiger partial charge in [0.1, 0.15) is 4.91 Å². The van der Waals surface area contributed by atoms with Crippen LogP contribution in [-0.4, -0.2) is 37.0 Å². The number of hydrogen-bond donors (Lipinski definition) is 1. The molecule has 1 aliphatic rings. The van der Waals surface area contributed by atoms with Gasteiger partial charge in [-0.05, 0) is 50.5 Å². The van der Waals surface area contributed by atoms with Crippen LogP contribution in [0.15, 0.2) is 58.4 Å². The molecule has 0 bridgehead atoms. The van der Waals surface area contributed by atoms with Gasteiger partial charge in [0.05, 0.1) is 11.0 Å². The molecule has 1 aromatic rings. The van der Waals surface area contributed by atoms with Gasteiger partial charge >= 0.3 is 5.97 Å². The first-order valence-electron chi connectivity index (χ1n) is 10.8. The van der Waals surface area contributed by atoms with Crippen LogP contribution in [0.3, 0.4) is 0 Å². The summed E-state index contributed by atoms with van der Waals surface area (Å²) in [4.78, 5) is 24.7. The van der Waals surface area contributed by atoms with E-state index in [2.05, 4.69) is 0 Å². The number of aliphatic hydroxyl groups excluding tert-OH is 1. The van der Waals surface area contributed by atoms with Gasteiger partial charge in [-0.1, -0.05) is 56.4 Å². The Morgan fingerprint density at radius 1 is 1.06 bits per heavy atom. The summed E-state index contributed by atoms with van der Waals surface area (Å²) in [7, 11) is -4.02. The number of esters is 1. The average Bonchev–Trinajstić information content (AvgIpc) is 2.72. The second kappa shape index (κ2) is 11.4. The van der Waals surface area contributed by atoms with Crippen molar-refractivity contribution in [3.63, 3.8) is 0 Å². The zero-order chi connectivity index (χ0) is 22.9. The summed E-state index contributed by atoms with van der Waals surface area (Å²) in [6, 6.07) is 7.76. The van der Waals surface area contributed by atoms with Crippen molar-refractivity contribution < 1.29 is 27.9 Å². The lowest BCUT2D eigenvalue weighted by Crippen LogP contribution is -2.44. The lowest BCUT2D eigenvalue weighted by Gasteiger charge is -2.31. The van der Waals surface area contributed by atoms with E-state index in [-0.39, 0.29) is 22.3 Å². The summed E-state index contributed by atoms with van der Waals surface area (Å²) in [5, 5.41) is 9.29. The predicted octanol–water partition coefficient (Wildman–Crippen LogP) is 4.29. The molecule has 0 heterocycles. The summed E-state index contributed by atoms with van der Waals surface area (Å²) >= 11 is 0. The second-order valence-electron chi connectivity index (χ2n) is 8.03. The van der Waals surface area contributed by atoms with Crippen LogP contribution in [0.1, 0.15) is 65.2 Å². The number of carbonyl (C=O) groups excluding carboxylic acids is 2. The summed E-state index contributed by atoms with van der Waals surface area (Å²) in [5.41, 5.74) is -1.59. The van der Waals surface area contributed by atoms with Crippen LogP contribution in [0, 0.1) is 0 Å². The number of Topliss-reactive ketones (excluding diaryl/α,β-unsaturated/α-hetero) is 1. The van der Waals surface area contributed by atoms with E-state index in [9.17, 15) is 23.1 Å². The van der Waals surface area contributed by atoms with Gasteiger partial charge in [-0.3, -0.25) is 9.59 Å². The normalized spacial score (nSPS) is 19.7. The van der Waals surface area contributed by atoms with Crippen molar-refractivity contribution in [2.75, 3.05) is 0 Å². The van der Waals surface area contributed by atoms with E-state index < -0.39 is 27.2 Å². The van der Waals surface area contributed by atoms with Crippen molar-refractivity contribution in [3.05, 3.63) is 53.5 Å². The van der Waals surface area contributed by atoms with Crippen LogP contribution in [0.5, 0.6) is 0 Å². The molecule has 0 saturated carbocycles. The van der Waals surface area contributed by atoms with Crippen molar-refractivity contribution in [1.82, 2.24) is 0 Å². The van der Waals surface area contributed by atoms with E-state index in [1.165, 1.54) is 37.3 Å². The number of aliphatic hydroxyl groups is 1. The summed E-state index contributed by atoms with van der Waals surface area (Å²) < 4.78 is 31.4. The lowest BCUT2D eigenvalue weighted by molar-refractivity contribution is -0.159. The molecule has 0 radical (unpaired) electrons. The molecule has 1 aliphatic carbocycles. The first-order valence-corrected chi connectivity index (χ1v) is 12.3. The van der Waals surface area contributed by atoms with Gasteiger partial charge in [0.25, 0.3) is 0 Å². The third kappa shape index (κ3) is 6.87. The maximum atomic E-state index is 13.3. The molecule has 6 nitrogen and oxygen atoms in total. The van der Waals surface area contributed by atoms with E-state index in [4.69, 9.17) is 4.74 Å². The molecule has 31 heavy (non-hydrogen) atoms. The molecule has 170 valence electrons. The number of ether oxygens (including phenoxy) is 1. The molecular formula is C24H32O6S. The average molecular weight is 449 g/mol. The highest BCUT2D eigenvalue weighted by atomic mass is 32.2. The molecule has 0 spiro atoms. The molecule has 0 saturated heterocycles. The maximum absolute atomic E-state index is 13.3. The third-order valence-corrected chi connectivity index (χ3v) is 7.10. The standard InChI is InChI=1S/C24H32O6S/c1-19(25)13-8-5-3-4-6-11-17-24(30-20(2)26)18-12-16-22(23(24)27)31(28,29)21-14-9-7-10-15-21/h7,9-10,12,14-16,18-19,25H,3-6,8,11,13,17H2,1-2H3. The first-order chi connectivity index (χ1) is 14.7. The number of unbranched alkanes of at least 4 members (excludes halogenated alkanes) is 5. The van der Waals surface area contributed by atoms with Gasteiger partial charge in [0.15, 0.2) is 5.60 Å². The molecule has 0 aliphatic heterocycles. The van der Waals surface area contributed by atoms with Crippen molar-refractivity contribution in [2.24, 2.45) is 0 Å². The van der Waals surface area contributed by atoms with E-state index in [0.717, 1.165) is 38.5 Å². The Balaban J connectivity index is 2.06. The molecule has 0 fully saturated rings. The predicted molar refractivity (Wildman–Crippen MR) is 119 cm³/mol. The van der Waals surface area contributed by atoms with E-state index in [1.54, 1.807) is 25.1 Å². The summed E-state index contributed by atoms with van der Waals surface area (Å²) in [6.45, 7) is 3.00. The molecule has 1 N–H and O–H groups in total. The van der Waals surface area contributed by atoms with Gasteiger partial charge in [-0.2, -0.15) is 0 Å². The minimum atomic E-state index is -4.02. The monoisotopic (exact) mass is 448 g/mol. The van der Waals surface area contributed by atoms with Gasteiger partial charge in [-0.15, -0.1) is 0 Å². The molecule has 2 atom stereocenters. The Morgan fingerprint density at radius 2 is 1.68 bits per heavy atom. The Kier molecular flexibility index (Phi) is 9.19. The number of hydrogen-bond acceptors (Lipinski definition) is 6. The maximum Gasteiger partial charge on any atom is 0.303 e. The fourth-order valence-electron chi connectivity index (χ4n) is 3.71. The third-order valence-electron chi connectivity index (χ3n) is 5.31. The van der Waals surface area contributed by atoms with Crippen LogP contribution in [0.4, 0.5) is 0 Å². The molecule has 2 rings (SSSR count). The largest absolute Gasteiger partial charge is 0.446 e. The number of rotatable bonds is 12. The molecule has 0 amide bonds.